The predicted molar refractivity (Wildman–Crippen MR) is 75.1 cm³/mol. The lowest BCUT2D eigenvalue weighted by molar-refractivity contribution is -0.120. The van der Waals surface area contributed by atoms with E-state index in [4.69, 9.17) is 17.3 Å². The molecule has 0 saturated heterocycles. The summed E-state index contributed by atoms with van der Waals surface area (Å²) in [5.74, 6) is -0.665. The molecule has 1 aliphatic rings. The van der Waals surface area contributed by atoms with Gasteiger partial charge in [0.1, 0.15) is 0 Å². The molecule has 0 fully saturated rings. The van der Waals surface area contributed by atoms with Gasteiger partial charge < -0.3 is 11.1 Å². The Balaban J connectivity index is 2.10. The van der Waals surface area contributed by atoms with Crippen LogP contribution in [0.5, 0.6) is 0 Å². The second-order valence-corrected chi connectivity index (χ2v) is 4.94. The molecule has 0 aromatic heterocycles. The summed E-state index contributed by atoms with van der Waals surface area (Å²) >= 11 is 5.85. The normalized spacial score (nSPS) is 18.1. The number of rotatable bonds is 3. The molecule has 4 nitrogen and oxygen atoms in total. The number of halogens is 1. The van der Waals surface area contributed by atoms with Crippen LogP contribution in [0.15, 0.2) is 30.4 Å². The van der Waals surface area contributed by atoms with Crippen LogP contribution in [0.4, 0.5) is 5.69 Å². The minimum absolute atomic E-state index is 0.0160. The molecular weight excluding hydrogens is 264 g/mol. The van der Waals surface area contributed by atoms with E-state index in [-0.39, 0.29) is 22.4 Å². The maximum atomic E-state index is 12.0. The minimum Gasteiger partial charge on any atom is -0.366 e. The van der Waals surface area contributed by atoms with Crippen LogP contribution in [0.25, 0.3) is 0 Å². The molecule has 100 valence electrons. The Morgan fingerprint density at radius 2 is 2.11 bits per heavy atom. The fourth-order valence-corrected chi connectivity index (χ4v) is 2.28. The highest BCUT2D eigenvalue weighted by Crippen LogP contribution is 2.23. The van der Waals surface area contributed by atoms with E-state index >= 15 is 0 Å². The monoisotopic (exact) mass is 278 g/mol. The van der Waals surface area contributed by atoms with Gasteiger partial charge in [0.05, 0.1) is 10.6 Å². The summed E-state index contributed by atoms with van der Waals surface area (Å²) in [6.07, 6.45) is 6.62. The molecule has 1 aromatic rings. The van der Waals surface area contributed by atoms with Gasteiger partial charge in [0, 0.05) is 11.6 Å². The van der Waals surface area contributed by atoms with Gasteiger partial charge >= 0.3 is 0 Å². The van der Waals surface area contributed by atoms with E-state index in [0.717, 1.165) is 19.3 Å². The second-order valence-electron chi connectivity index (χ2n) is 4.53. The molecule has 1 aromatic carbocycles. The van der Waals surface area contributed by atoms with Crippen LogP contribution in [0, 0.1) is 5.92 Å². The van der Waals surface area contributed by atoms with E-state index in [1.54, 1.807) is 12.1 Å². The summed E-state index contributed by atoms with van der Waals surface area (Å²) in [5, 5.41) is 3.08. The van der Waals surface area contributed by atoms with Crippen molar-refractivity contribution >= 4 is 29.1 Å². The first-order valence-electron chi connectivity index (χ1n) is 6.13. The van der Waals surface area contributed by atoms with Crippen molar-refractivity contribution in [2.45, 2.75) is 19.3 Å². The predicted octanol–water partition coefficient (Wildman–Crippen LogP) is 2.73. The van der Waals surface area contributed by atoms with Crippen molar-refractivity contribution in [1.82, 2.24) is 0 Å². The molecule has 19 heavy (non-hydrogen) atoms. The Bertz CT molecular complexity index is 540. The number of carbonyl (C=O) groups excluding carboxylic acids is 2. The van der Waals surface area contributed by atoms with Crippen molar-refractivity contribution in [2.24, 2.45) is 11.7 Å². The van der Waals surface area contributed by atoms with E-state index in [1.165, 1.54) is 6.07 Å². The zero-order valence-electron chi connectivity index (χ0n) is 10.4. The number of nitrogens with two attached hydrogens (primary N) is 1. The van der Waals surface area contributed by atoms with Crippen LogP contribution in [0.3, 0.4) is 0 Å². The number of hydrogen-bond acceptors (Lipinski definition) is 2. The van der Waals surface area contributed by atoms with E-state index < -0.39 is 5.91 Å². The number of primary amides is 1. The first kappa shape index (κ1) is 13.6. The van der Waals surface area contributed by atoms with Gasteiger partial charge in [-0.05, 0) is 37.5 Å². The molecule has 0 unspecified atom stereocenters. The van der Waals surface area contributed by atoms with Crippen LogP contribution < -0.4 is 11.1 Å². The van der Waals surface area contributed by atoms with Crippen molar-refractivity contribution in [3.8, 4) is 0 Å². The Hall–Kier alpha value is -1.81. The van der Waals surface area contributed by atoms with Crippen LogP contribution in [0.1, 0.15) is 29.6 Å². The molecule has 0 aliphatic heterocycles. The summed E-state index contributed by atoms with van der Waals surface area (Å²) in [6.45, 7) is 0. The highest BCUT2D eigenvalue weighted by atomic mass is 35.5. The fraction of sp³-hybridized carbons (Fsp3) is 0.286. The third-order valence-corrected chi connectivity index (χ3v) is 3.47. The standard InChI is InChI=1S/C14H15ClN2O2/c15-12-7-6-10(8-11(12)13(16)18)17-14(19)9-4-2-1-3-5-9/h1-2,6-9H,3-5H2,(H2,16,18)(H,17,19)/t9-/m1/s1. The largest absolute Gasteiger partial charge is 0.366 e. The summed E-state index contributed by atoms with van der Waals surface area (Å²) in [5.41, 5.74) is 5.96. The molecule has 1 aliphatic carbocycles. The molecular formula is C14H15ClN2O2. The average Bonchev–Trinajstić information content (AvgIpc) is 2.41. The van der Waals surface area contributed by atoms with Gasteiger partial charge in [-0.25, -0.2) is 0 Å². The first-order valence-corrected chi connectivity index (χ1v) is 6.51. The number of allylic oxidation sites excluding steroid dienone is 2. The topological polar surface area (TPSA) is 72.2 Å². The molecule has 5 heteroatoms. The van der Waals surface area contributed by atoms with Gasteiger partial charge in [-0.3, -0.25) is 9.59 Å². The van der Waals surface area contributed by atoms with Crippen molar-refractivity contribution in [1.29, 1.82) is 0 Å². The van der Waals surface area contributed by atoms with Crippen LogP contribution >= 0.6 is 11.6 Å². The smallest absolute Gasteiger partial charge is 0.250 e. The Morgan fingerprint density at radius 1 is 1.32 bits per heavy atom. The van der Waals surface area contributed by atoms with Gasteiger partial charge in [0.2, 0.25) is 11.8 Å². The number of amides is 2. The third kappa shape index (κ3) is 3.35. The highest BCUT2D eigenvalue weighted by molar-refractivity contribution is 6.34. The number of carbonyl (C=O) groups is 2. The third-order valence-electron chi connectivity index (χ3n) is 3.14. The van der Waals surface area contributed by atoms with E-state index in [1.807, 2.05) is 6.08 Å². The quantitative estimate of drug-likeness (QED) is 0.835. The number of anilines is 1. The second kappa shape index (κ2) is 5.89. The first-order chi connectivity index (χ1) is 9.08. The zero-order chi connectivity index (χ0) is 13.8. The minimum atomic E-state index is -0.610. The van der Waals surface area contributed by atoms with E-state index in [9.17, 15) is 9.59 Å². The molecule has 0 spiro atoms. The molecule has 3 N–H and O–H groups in total. The fourth-order valence-electron chi connectivity index (χ4n) is 2.07. The Morgan fingerprint density at radius 3 is 2.74 bits per heavy atom. The van der Waals surface area contributed by atoms with Crippen LogP contribution in [-0.2, 0) is 4.79 Å². The van der Waals surface area contributed by atoms with Gasteiger partial charge in [-0.2, -0.15) is 0 Å². The Kier molecular flexibility index (Phi) is 4.22. The lowest BCUT2D eigenvalue weighted by atomic mass is 9.93. The maximum Gasteiger partial charge on any atom is 0.250 e. The van der Waals surface area contributed by atoms with Gasteiger partial charge in [0.15, 0.2) is 0 Å². The van der Waals surface area contributed by atoms with Gasteiger partial charge in [-0.1, -0.05) is 23.8 Å². The molecule has 0 saturated carbocycles. The number of benzene rings is 1. The molecule has 0 bridgehead atoms. The van der Waals surface area contributed by atoms with Crippen molar-refractivity contribution in [2.75, 3.05) is 5.32 Å². The molecule has 1 atom stereocenters. The molecule has 2 amide bonds. The van der Waals surface area contributed by atoms with E-state index in [0.29, 0.717) is 5.69 Å². The van der Waals surface area contributed by atoms with Gasteiger partial charge in [-0.15, -0.1) is 0 Å². The SMILES string of the molecule is NC(=O)c1cc(NC(=O)[C@@H]2CC=CCC2)ccc1Cl. The summed E-state index contributed by atoms with van der Waals surface area (Å²) in [7, 11) is 0. The van der Waals surface area contributed by atoms with Crippen molar-refractivity contribution < 1.29 is 9.59 Å². The van der Waals surface area contributed by atoms with Crippen molar-refractivity contribution in [3.05, 3.63) is 40.9 Å². The number of nitrogens with one attached hydrogen (secondary N) is 1. The van der Waals surface area contributed by atoms with Gasteiger partial charge in [0.25, 0.3) is 0 Å². The zero-order valence-corrected chi connectivity index (χ0v) is 11.1. The van der Waals surface area contributed by atoms with Crippen LogP contribution in [0.2, 0.25) is 5.02 Å². The lowest BCUT2D eigenvalue weighted by Gasteiger charge is -2.17. The summed E-state index contributed by atoms with van der Waals surface area (Å²) < 4.78 is 0. The lowest BCUT2D eigenvalue weighted by Crippen LogP contribution is -2.23. The van der Waals surface area contributed by atoms with E-state index in [2.05, 4.69) is 11.4 Å². The summed E-state index contributed by atoms with van der Waals surface area (Å²) in [6, 6.07) is 4.71. The van der Waals surface area contributed by atoms with Crippen molar-refractivity contribution in [3.63, 3.8) is 0 Å². The Labute approximate surface area is 116 Å². The highest BCUT2D eigenvalue weighted by Gasteiger charge is 2.19. The number of hydrogen-bond donors (Lipinski definition) is 2. The average molecular weight is 279 g/mol. The molecule has 2 rings (SSSR count). The molecule has 0 radical (unpaired) electrons. The summed E-state index contributed by atoms with van der Waals surface area (Å²) in [4.78, 5) is 23.2. The van der Waals surface area contributed by atoms with Crippen LogP contribution in [-0.4, -0.2) is 11.8 Å². The molecule has 0 heterocycles. The maximum absolute atomic E-state index is 12.0.